The topological polar surface area (TPSA) is 78.9 Å². The summed E-state index contributed by atoms with van der Waals surface area (Å²) in [6, 6.07) is 3.86. The number of nitrogens with zero attached hydrogens (tertiary/aromatic N) is 5. The fourth-order valence-corrected chi connectivity index (χ4v) is 2.98. The van der Waals surface area contributed by atoms with E-state index in [1.54, 1.807) is 30.3 Å². The summed E-state index contributed by atoms with van der Waals surface area (Å²) in [5.74, 6) is 2.38. The maximum Gasteiger partial charge on any atom is 0.293 e. The number of rotatable bonds is 5. The van der Waals surface area contributed by atoms with Crippen molar-refractivity contribution in [2.75, 3.05) is 44.2 Å². The van der Waals surface area contributed by atoms with Crippen LogP contribution in [-0.4, -0.2) is 59.7 Å². The van der Waals surface area contributed by atoms with Crippen molar-refractivity contribution >= 4 is 35.8 Å². The van der Waals surface area contributed by atoms with Crippen molar-refractivity contribution in [1.29, 1.82) is 0 Å². The number of aliphatic imine (C=N–C) groups is 1. The molecule has 1 saturated heterocycles. The minimum absolute atomic E-state index is 0. The summed E-state index contributed by atoms with van der Waals surface area (Å²) >= 11 is 0. The van der Waals surface area contributed by atoms with Gasteiger partial charge in [0.25, 0.3) is 5.56 Å². The van der Waals surface area contributed by atoms with Crippen molar-refractivity contribution in [3.8, 4) is 0 Å². The Hall–Kier alpha value is -2.04. The van der Waals surface area contributed by atoms with E-state index in [1.165, 1.54) is 0 Å². The molecule has 2 aromatic heterocycles. The first kappa shape index (κ1) is 21.3. The van der Waals surface area contributed by atoms with Crippen LogP contribution < -0.4 is 15.8 Å². The lowest BCUT2D eigenvalue weighted by Gasteiger charge is -2.36. The largest absolute Gasteiger partial charge is 0.469 e. The van der Waals surface area contributed by atoms with Crippen LogP contribution in [0.5, 0.6) is 0 Å². The minimum Gasteiger partial charge on any atom is -0.469 e. The van der Waals surface area contributed by atoms with Crippen LogP contribution in [0.1, 0.15) is 12.7 Å². The van der Waals surface area contributed by atoms with E-state index in [9.17, 15) is 4.79 Å². The maximum atomic E-state index is 12.2. The molecule has 0 unspecified atom stereocenters. The van der Waals surface area contributed by atoms with Gasteiger partial charge >= 0.3 is 0 Å². The Kier molecular flexibility index (Phi) is 8.14. The Balaban J connectivity index is 0.00000261. The number of hydrogen-bond donors (Lipinski definition) is 1. The van der Waals surface area contributed by atoms with Gasteiger partial charge in [-0.25, -0.2) is 4.98 Å². The molecule has 1 N–H and O–H groups in total. The Morgan fingerprint density at radius 1 is 1.33 bits per heavy atom. The molecule has 0 aromatic carbocycles. The van der Waals surface area contributed by atoms with Gasteiger partial charge in [0.15, 0.2) is 11.8 Å². The number of guanidine groups is 1. The molecule has 0 radical (unpaired) electrons. The van der Waals surface area contributed by atoms with Crippen molar-refractivity contribution in [3.63, 3.8) is 0 Å². The zero-order chi connectivity index (χ0) is 18.4. The summed E-state index contributed by atoms with van der Waals surface area (Å²) in [6.45, 7) is 6.65. The SMILES string of the molecule is CCNC(=NCCc1ccco1)N1CCN(c2nccn(C)c2=O)CC1.I. The van der Waals surface area contributed by atoms with Crippen LogP contribution >= 0.6 is 24.0 Å². The van der Waals surface area contributed by atoms with Crippen LogP contribution in [0.15, 0.2) is 45.0 Å². The van der Waals surface area contributed by atoms with Crippen LogP contribution in [0.2, 0.25) is 0 Å². The van der Waals surface area contributed by atoms with Crippen LogP contribution in [-0.2, 0) is 13.5 Å². The molecule has 0 bridgehead atoms. The Morgan fingerprint density at radius 2 is 2.11 bits per heavy atom. The molecular formula is C18H27IN6O2. The second kappa shape index (κ2) is 10.3. The van der Waals surface area contributed by atoms with Gasteiger partial charge in [-0.3, -0.25) is 9.79 Å². The van der Waals surface area contributed by atoms with Crippen LogP contribution in [0.4, 0.5) is 5.82 Å². The average molecular weight is 486 g/mol. The number of aryl methyl sites for hydroxylation is 1. The molecule has 0 aliphatic carbocycles. The molecule has 9 heteroatoms. The fourth-order valence-electron chi connectivity index (χ4n) is 2.98. The highest BCUT2D eigenvalue weighted by molar-refractivity contribution is 14.0. The van der Waals surface area contributed by atoms with Crippen molar-refractivity contribution in [3.05, 3.63) is 46.9 Å². The molecule has 0 spiro atoms. The van der Waals surface area contributed by atoms with E-state index in [2.05, 4.69) is 22.1 Å². The summed E-state index contributed by atoms with van der Waals surface area (Å²) < 4.78 is 6.92. The summed E-state index contributed by atoms with van der Waals surface area (Å²) in [4.78, 5) is 25.5. The molecule has 2 aromatic rings. The Morgan fingerprint density at radius 3 is 2.78 bits per heavy atom. The lowest BCUT2D eigenvalue weighted by Crippen LogP contribution is -2.53. The third-order valence-corrected chi connectivity index (χ3v) is 4.41. The highest BCUT2D eigenvalue weighted by Crippen LogP contribution is 2.09. The lowest BCUT2D eigenvalue weighted by atomic mass is 10.3. The molecule has 27 heavy (non-hydrogen) atoms. The zero-order valence-corrected chi connectivity index (χ0v) is 18.1. The molecule has 0 atom stereocenters. The van der Waals surface area contributed by atoms with Crippen molar-refractivity contribution in [2.24, 2.45) is 12.0 Å². The van der Waals surface area contributed by atoms with Crippen LogP contribution in [0.25, 0.3) is 0 Å². The van der Waals surface area contributed by atoms with Gasteiger partial charge in [-0.2, -0.15) is 0 Å². The second-order valence-electron chi connectivity index (χ2n) is 6.21. The average Bonchev–Trinajstić information content (AvgIpc) is 3.17. The highest BCUT2D eigenvalue weighted by atomic mass is 127. The number of furan rings is 1. The van der Waals surface area contributed by atoms with Crippen LogP contribution in [0.3, 0.4) is 0 Å². The Bertz CT molecular complexity index is 781. The maximum absolute atomic E-state index is 12.2. The van der Waals surface area contributed by atoms with Gasteiger partial charge in [0.2, 0.25) is 0 Å². The number of anilines is 1. The third kappa shape index (κ3) is 5.47. The first-order chi connectivity index (χ1) is 12.7. The van der Waals surface area contributed by atoms with E-state index < -0.39 is 0 Å². The molecule has 148 valence electrons. The normalized spacial score (nSPS) is 14.8. The van der Waals surface area contributed by atoms with E-state index in [0.717, 1.165) is 50.9 Å². The number of hydrogen-bond acceptors (Lipinski definition) is 5. The molecule has 3 rings (SSSR count). The predicted octanol–water partition coefficient (Wildman–Crippen LogP) is 1.32. The van der Waals surface area contributed by atoms with Crippen molar-refractivity contribution < 1.29 is 4.42 Å². The standard InChI is InChI=1S/C18H26N6O2.HI/c1-3-19-18(21-7-6-15-5-4-14-26-15)24-12-10-23(11-13-24)16-17(25)22(2)9-8-20-16;/h4-5,8-9,14H,3,6-7,10-13H2,1-2H3,(H,19,21);1H. The third-order valence-electron chi connectivity index (χ3n) is 4.41. The molecule has 0 saturated carbocycles. The zero-order valence-electron chi connectivity index (χ0n) is 15.8. The molecule has 1 aliphatic rings. The minimum atomic E-state index is -0.0556. The molecule has 0 amide bonds. The summed E-state index contributed by atoms with van der Waals surface area (Å²) in [6.07, 6.45) is 5.82. The van der Waals surface area contributed by atoms with E-state index in [-0.39, 0.29) is 29.5 Å². The summed E-state index contributed by atoms with van der Waals surface area (Å²) in [5.41, 5.74) is -0.0556. The fraction of sp³-hybridized carbons (Fsp3) is 0.500. The van der Waals surface area contributed by atoms with Gasteiger partial charge in [0, 0.05) is 65.1 Å². The summed E-state index contributed by atoms with van der Waals surface area (Å²) in [7, 11) is 1.75. The van der Waals surface area contributed by atoms with Gasteiger partial charge < -0.3 is 24.1 Å². The van der Waals surface area contributed by atoms with Crippen LogP contribution in [0, 0.1) is 0 Å². The number of aromatic nitrogens is 2. The number of halogens is 1. The van der Waals surface area contributed by atoms with Gasteiger partial charge in [-0.15, -0.1) is 24.0 Å². The first-order valence-corrected chi connectivity index (χ1v) is 9.01. The quantitative estimate of drug-likeness (QED) is 0.391. The molecular weight excluding hydrogens is 459 g/mol. The van der Waals surface area contributed by atoms with Crippen molar-refractivity contribution in [2.45, 2.75) is 13.3 Å². The molecule has 1 aliphatic heterocycles. The molecule has 1 fully saturated rings. The first-order valence-electron chi connectivity index (χ1n) is 9.01. The second-order valence-corrected chi connectivity index (χ2v) is 6.21. The van der Waals surface area contributed by atoms with Gasteiger partial charge in [-0.05, 0) is 19.1 Å². The monoisotopic (exact) mass is 486 g/mol. The van der Waals surface area contributed by atoms with E-state index in [0.29, 0.717) is 12.4 Å². The predicted molar refractivity (Wildman–Crippen MR) is 117 cm³/mol. The summed E-state index contributed by atoms with van der Waals surface area (Å²) in [5, 5.41) is 3.35. The van der Waals surface area contributed by atoms with Crippen molar-refractivity contribution in [1.82, 2.24) is 19.8 Å². The molecule has 3 heterocycles. The van der Waals surface area contributed by atoms with E-state index >= 15 is 0 Å². The van der Waals surface area contributed by atoms with Gasteiger partial charge in [-0.1, -0.05) is 0 Å². The van der Waals surface area contributed by atoms with E-state index in [1.807, 2.05) is 17.0 Å². The highest BCUT2D eigenvalue weighted by Gasteiger charge is 2.22. The van der Waals surface area contributed by atoms with E-state index in [4.69, 9.17) is 9.41 Å². The Labute approximate surface area is 176 Å². The lowest BCUT2D eigenvalue weighted by molar-refractivity contribution is 0.370. The number of piperazine rings is 1. The number of nitrogens with one attached hydrogen (secondary N) is 1. The van der Waals surface area contributed by atoms with Gasteiger partial charge in [0.05, 0.1) is 6.26 Å². The smallest absolute Gasteiger partial charge is 0.293 e. The molecule has 8 nitrogen and oxygen atoms in total. The van der Waals surface area contributed by atoms with Gasteiger partial charge in [0.1, 0.15) is 5.76 Å².